The zero-order valence-electron chi connectivity index (χ0n) is 10.2. The van der Waals surface area contributed by atoms with Crippen LogP contribution in [0.3, 0.4) is 0 Å². The number of aromatic nitrogens is 2. The van der Waals surface area contributed by atoms with Crippen LogP contribution in [0, 0.1) is 5.82 Å². The van der Waals surface area contributed by atoms with E-state index < -0.39 is 0 Å². The molecule has 0 saturated heterocycles. The van der Waals surface area contributed by atoms with Gasteiger partial charge in [-0.3, -0.25) is 0 Å². The molecular weight excluding hydrogens is 319 g/mol. The van der Waals surface area contributed by atoms with Crippen molar-refractivity contribution in [3.8, 4) is 10.9 Å². The van der Waals surface area contributed by atoms with Crippen molar-refractivity contribution in [2.75, 3.05) is 0 Å². The maximum absolute atomic E-state index is 13.1. The molecule has 1 aromatic carbocycles. The summed E-state index contributed by atoms with van der Waals surface area (Å²) in [5, 5.41) is 0.457. The lowest BCUT2D eigenvalue weighted by molar-refractivity contribution is 0.466. The summed E-state index contributed by atoms with van der Waals surface area (Å²) in [5.74, 6) is 0.943. The predicted molar refractivity (Wildman–Crippen MR) is 72.8 cm³/mol. The first kappa shape index (κ1) is 13.4. The highest BCUT2D eigenvalue weighted by molar-refractivity contribution is 9.10. The van der Waals surface area contributed by atoms with Crippen LogP contribution in [0.2, 0.25) is 0 Å². The molecule has 0 fully saturated rings. The Balaban J connectivity index is 2.19. The van der Waals surface area contributed by atoms with E-state index in [1.165, 1.54) is 17.6 Å². The highest BCUT2D eigenvalue weighted by Crippen LogP contribution is 2.29. The molecule has 0 aliphatic carbocycles. The molecule has 2 aromatic rings. The van der Waals surface area contributed by atoms with Crippen LogP contribution < -0.4 is 4.74 Å². The van der Waals surface area contributed by atoms with E-state index in [-0.39, 0.29) is 11.2 Å². The van der Waals surface area contributed by atoms with Crippen LogP contribution in [-0.4, -0.2) is 9.36 Å². The van der Waals surface area contributed by atoms with Gasteiger partial charge >= 0.3 is 0 Å². The summed E-state index contributed by atoms with van der Waals surface area (Å²) < 4.78 is 23.2. The Bertz CT molecular complexity index is 565. The summed E-state index contributed by atoms with van der Waals surface area (Å²) in [6.45, 7) is 6.11. The Morgan fingerprint density at radius 3 is 2.61 bits per heavy atom. The highest BCUT2D eigenvalue weighted by Gasteiger charge is 2.20. The summed E-state index contributed by atoms with van der Waals surface area (Å²) in [6, 6.07) is 4.46. The van der Waals surface area contributed by atoms with Gasteiger partial charge in [0.15, 0.2) is 5.82 Å². The fourth-order valence-electron chi connectivity index (χ4n) is 1.20. The number of hydrogen-bond acceptors (Lipinski definition) is 4. The second-order valence-electron chi connectivity index (χ2n) is 4.81. The standard InChI is InChI=1S/C12H12BrFN2OS/c1-12(2,3)10-15-11(18-16-10)17-7-4-5-9(14)8(13)6-7/h4-6H,1-3H3. The molecule has 1 heterocycles. The lowest BCUT2D eigenvalue weighted by atomic mass is 9.96. The summed E-state index contributed by atoms with van der Waals surface area (Å²) in [6.07, 6.45) is 0. The van der Waals surface area contributed by atoms with Gasteiger partial charge in [-0.1, -0.05) is 20.8 Å². The van der Waals surface area contributed by atoms with Gasteiger partial charge < -0.3 is 4.74 Å². The average molecular weight is 331 g/mol. The molecule has 0 unspecified atom stereocenters. The minimum atomic E-state index is -0.324. The van der Waals surface area contributed by atoms with Crippen molar-refractivity contribution in [2.24, 2.45) is 0 Å². The molecule has 0 spiro atoms. The number of halogens is 2. The maximum Gasteiger partial charge on any atom is 0.298 e. The van der Waals surface area contributed by atoms with Crippen LogP contribution in [-0.2, 0) is 5.41 Å². The maximum atomic E-state index is 13.1. The predicted octanol–water partition coefficient (Wildman–Crippen LogP) is 4.53. The third-order valence-corrected chi connectivity index (χ3v) is 3.38. The van der Waals surface area contributed by atoms with Gasteiger partial charge in [0.05, 0.1) is 4.47 Å². The molecule has 0 aliphatic rings. The Labute approximate surface area is 117 Å². The van der Waals surface area contributed by atoms with Gasteiger partial charge in [0, 0.05) is 16.9 Å². The zero-order valence-corrected chi connectivity index (χ0v) is 12.6. The summed E-state index contributed by atoms with van der Waals surface area (Å²) in [4.78, 5) is 4.31. The second-order valence-corrected chi connectivity index (χ2v) is 6.38. The topological polar surface area (TPSA) is 35.0 Å². The lowest BCUT2D eigenvalue weighted by Crippen LogP contribution is -2.12. The molecule has 0 radical (unpaired) electrons. The number of benzene rings is 1. The van der Waals surface area contributed by atoms with Crippen LogP contribution >= 0.6 is 27.5 Å². The Morgan fingerprint density at radius 1 is 1.33 bits per heavy atom. The molecule has 0 aliphatic heterocycles. The largest absolute Gasteiger partial charge is 0.430 e. The lowest BCUT2D eigenvalue weighted by Gasteiger charge is -2.12. The molecule has 0 atom stereocenters. The van der Waals surface area contributed by atoms with Gasteiger partial charge in [0.1, 0.15) is 11.6 Å². The Hall–Kier alpha value is -1.01. The highest BCUT2D eigenvalue weighted by atomic mass is 79.9. The third-order valence-electron chi connectivity index (χ3n) is 2.17. The number of nitrogens with zero attached hydrogens (tertiary/aromatic N) is 2. The normalized spacial score (nSPS) is 11.6. The van der Waals surface area contributed by atoms with Gasteiger partial charge in [0.2, 0.25) is 0 Å². The van der Waals surface area contributed by atoms with Gasteiger partial charge in [-0.2, -0.15) is 9.36 Å². The molecule has 96 valence electrons. The fourth-order valence-corrected chi connectivity index (χ4v) is 2.29. The van der Waals surface area contributed by atoms with Crippen LogP contribution in [0.25, 0.3) is 0 Å². The van der Waals surface area contributed by atoms with E-state index in [0.29, 0.717) is 15.4 Å². The molecule has 6 heteroatoms. The van der Waals surface area contributed by atoms with Crippen molar-refractivity contribution >= 4 is 27.5 Å². The first-order valence-electron chi connectivity index (χ1n) is 5.33. The van der Waals surface area contributed by atoms with Crippen molar-refractivity contribution < 1.29 is 9.13 Å². The Morgan fingerprint density at radius 2 is 2.06 bits per heavy atom. The van der Waals surface area contributed by atoms with E-state index in [1.54, 1.807) is 12.1 Å². The second kappa shape index (κ2) is 4.93. The number of rotatable bonds is 2. The molecule has 0 amide bonds. The van der Waals surface area contributed by atoms with Crippen molar-refractivity contribution in [3.63, 3.8) is 0 Å². The number of ether oxygens (including phenoxy) is 1. The van der Waals surface area contributed by atoms with E-state index in [2.05, 4.69) is 25.3 Å². The zero-order chi connectivity index (χ0) is 13.3. The summed E-state index contributed by atoms with van der Waals surface area (Å²) >= 11 is 4.30. The molecule has 1 aromatic heterocycles. The van der Waals surface area contributed by atoms with E-state index in [0.717, 1.165) is 5.82 Å². The quantitative estimate of drug-likeness (QED) is 0.811. The molecule has 2 rings (SSSR count). The summed E-state index contributed by atoms with van der Waals surface area (Å²) in [7, 11) is 0. The van der Waals surface area contributed by atoms with Crippen molar-refractivity contribution in [1.82, 2.24) is 9.36 Å². The SMILES string of the molecule is CC(C)(C)c1nsc(Oc2ccc(F)c(Br)c2)n1. The minimum Gasteiger partial charge on any atom is -0.430 e. The van der Waals surface area contributed by atoms with Gasteiger partial charge in [-0.15, -0.1) is 0 Å². The Kier molecular flexibility index (Phi) is 3.68. The monoisotopic (exact) mass is 330 g/mol. The van der Waals surface area contributed by atoms with Crippen molar-refractivity contribution in [2.45, 2.75) is 26.2 Å². The van der Waals surface area contributed by atoms with Crippen LogP contribution in [0.1, 0.15) is 26.6 Å². The first-order chi connectivity index (χ1) is 8.36. The van der Waals surface area contributed by atoms with E-state index in [4.69, 9.17) is 4.74 Å². The first-order valence-corrected chi connectivity index (χ1v) is 6.90. The van der Waals surface area contributed by atoms with Gasteiger partial charge in [0.25, 0.3) is 5.19 Å². The van der Waals surface area contributed by atoms with Gasteiger partial charge in [-0.05, 0) is 34.1 Å². The summed E-state index contributed by atoms with van der Waals surface area (Å²) in [5.41, 5.74) is -0.110. The molecule has 3 nitrogen and oxygen atoms in total. The van der Waals surface area contributed by atoms with Crippen molar-refractivity contribution in [3.05, 3.63) is 34.3 Å². The smallest absolute Gasteiger partial charge is 0.298 e. The third kappa shape index (κ3) is 3.05. The van der Waals surface area contributed by atoms with Crippen LogP contribution in [0.4, 0.5) is 4.39 Å². The van der Waals surface area contributed by atoms with E-state index in [9.17, 15) is 4.39 Å². The average Bonchev–Trinajstić information content (AvgIpc) is 2.72. The molecule has 0 bridgehead atoms. The van der Waals surface area contributed by atoms with Crippen molar-refractivity contribution in [1.29, 1.82) is 0 Å². The van der Waals surface area contributed by atoms with Crippen LogP contribution in [0.15, 0.2) is 22.7 Å². The molecular formula is C12H12BrFN2OS. The minimum absolute atomic E-state index is 0.110. The number of hydrogen-bond donors (Lipinski definition) is 0. The van der Waals surface area contributed by atoms with Crippen LogP contribution in [0.5, 0.6) is 10.9 Å². The van der Waals surface area contributed by atoms with E-state index >= 15 is 0 Å². The van der Waals surface area contributed by atoms with E-state index in [1.807, 2.05) is 20.8 Å². The molecule has 0 N–H and O–H groups in total. The van der Waals surface area contributed by atoms with Gasteiger partial charge in [-0.25, -0.2) is 4.39 Å². The molecule has 0 saturated carbocycles. The fraction of sp³-hybridized carbons (Fsp3) is 0.333. The molecule has 18 heavy (non-hydrogen) atoms.